The van der Waals surface area contributed by atoms with Gasteiger partial charge in [0.15, 0.2) is 0 Å². The van der Waals surface area contributed by atoms with Crippen molar-refractivity contribution in [1.29, 1.82) is 0 Å². The lowest BCUT2D eigenvalue weighted by atomic mass is 10.1. The maximum absolute atomic E-state index is 13.1. The smallest absolute Gasteiger partial charge is 0.229 e. The molecule has 7 nitrogen and oxygen atoms in total. The third kappa shape index (κ3) is 6.65. The number of para-hydroxylation sites is 1. The predicted molar refractivity (Wildman–Crippen MR) is 119 cm³/mol. The molecule has 0 aliphatic rings. The summed E-state index contributed by atoms with van der Waals surface area (Å²) in [5.74, 6) is -0.388. The van der Waals surface area contributed by atoms with Gasteiger partial charge >= 0.3 is 0 Å². The standard InChI is InChI=1S/C22H25FN4O3S/c1-27(22(28)14-17-6-3-4-8-20(17)26-31(2,29)30)13-5-7-19-15-21(25-24-19)16-9-11-18(23)12-10-16/h3-4,6,8-12,15,26H,5,7,13-14H2,1-2H3,(H,24,25). The fraction of sp³-hybridized carbons (Fsp3) is 0.273. The van der Waals surface area contributed by atoms with Crippen LogP contribution in [0.1, 0.15) is 17.7 Å². The van der Waals surface area contributed by atoms with Crippen molar-refractivity contribution in [3.8, 4) is 11.3 Å². The molecule has 0 spiro atoms. The van der Waals surface area contributed by atoms with Crippen LogP contribution in [-0.2, 0) is 27.7 Å². The van der Waals surface area contributed by atoms with Crippen LogP contribution >= 0.6 is 0 Å². The average Bonchev–Trinajstić information content (AvgIpc) is 3.17. The average molecular weight is 445 g/mol. The summed E-state index contributed by atoms with van der Waals surface area (Å²) in [4.78, 5) is 14.2. The van der Waals surface area contributed by atoms with Crippen LogP contribution in [-0.4, -0.2) is 49.3 Å². The molecule has 31 heavy (non-hydrogen) atoms. The maximum Gasteiger partial charge on any atom is 0.229 e. The van der Waals surface area contributed by atoms with Gasteiger partial charge in [-0.15, -0.1) is 0 Å². The molecule has 0 bridgehead atoms. The molecule has 0 aliphatic carbocycles. The fourth-order valence-electron chi connectivity index (χ4n) is 3.16. The summed E-state index contributed by atoms with van der Waals surface area (Å²) in [5, 5.41) is 7.24. The number of rotatable bonds is 9. The van der Waals surface area contributed by atoms with Gasteiger partial charge in [0.05, 0.1) is 24.1 Å². The van der Waals surface area contributed by atoms with Gasteiger partial charge < -0.3 is 4.90 Å². The molecule has 0 fully saturated rings. The van der Waals surface area contributed by atoms with Gasteiger partial charge in [0, 0.05) is 24.8 Å². The fourth-order valence-corrected chi connectivity index (χ4v) is 3.76. The Kier molecular flexibility index (Phi) is 7.06. The Morgan fingerprint density at radius 1 is 1.16 bits per heavy atom. The van der Waals surface area contributed by atoms with E-state index in [1.165, 1.54) is 12.1 Å². The van der Waals surface area contributed by atoms with E-state index in [1.807, 2.05) is 6.07 Å². The van der Waals surface area contributed by atoms with Crippen LogP contribution in [0.25, 0.3) is 11.3 Å². The first-order valence-corrected chi connectivity index (χ1v) is 11.7. The van der Waals surface area contributed by atoms with Crippen LogP contribution in [0.4, 0.5) is 10.1 Å². The zero-order valence-electron chi connectivity index (χ0n) is 17.4. The molecule has 164 valence electrons. The first kappa shape index (κ1) is 22.5. The minimum atomic E-state index is -3.42. The number of anilines is 1. The van der Waals surface area contributed by atoms with Crippen molar-refractivity contribution in [1.82, 2.24) is 15.1 Å². The normalized spacial score (nSPS) is 11.3. The number of sulfonamides is 1. The third-order valence-corrected chi connectivity index (χ3v) is 5.38. The number of nitrogens with zero attached hydrogens (tertiary/aromatic N) is 2. The van der Waals surface area contributed by atoms with Crippen molar-refractivity contribution in [2.45, 2.75) is 19.3 Å². The highest BCUT2D eigenvalue weighted by Gasteiger charge is 2.14. The molecule has 0 unspecified atom stereocenters. The highest BCUT2D eigenvalue weighted by atomic mass is 32.2. The van der Waals surface area contributed by atoms with Gasteiger partial charge in [-0.2, -0.15) is 5.10 Å². The molecule has 3 aromatic rings. The number of H-pyrrole nitrogens is 1. The molecular formula is C22H25FN4O3S. The van der Waals surface area contributed by atoms with Crippen LogP contribution in [0.15, 0.2) is 54.6 Å². The molecule has 0 radical (unpaired) electrons. The quantitative estimate of drug-likeness (QED) is 0.530. The van der Waals surface area contributed by atoms with E-state index in [0.717, 1.165) is 29.6 Å². The minimum Gasteiger partial charge on any atom is -0.345 e. The van der Waals surface area contributed by atoms with E-state index in [9.17, 15) is 17.6 Å². The monoisotopic (exact) mass is 444 g/mol. The number of carbonyl (C=O) groups is 1. The summed E-state index contributed by atoms with van der Waals surface area (Å²) in [5.41, 5.74) is 3.55. The molecule has 0 aliphatic heterocycles. The van der Waals surface area contributed by atoms with Crippen LogP contribution in [0.3, 0.4) is 0 Å². The lowest BCUT2D eigenvalue weighted by Crippen LogP contribution is -2.29. The van der Waals surface area contributed by atoms with E-state index in [4.69, 9.17) is 0 Å². The maximum atomic E-state index is 13.1. The van der Waals surface area contributed by atoms with Crippen LogP contribution < -0.4 is 4.72 Å². The Morgan fingerprint density at radius 2 is 1.87 bits per heavy atom. The molecule has 2 aromatic carbocycles. The van der Waals surface area contributed by atoms with Crippen molar-refractivity contribution in [2.75, 3.05) is 24.6 Å². The molecule has 9 heteroatoms. The lowest BCUT2D eigenvalue weighted by Gasteiger charge is -2.18. The van der Waals surface area contributed by atoms with Crippen molar-refractivity contribution in [2.24, 2.45) is 0 Å². The minimum absolute atomic E-state index is 0.0978. The van der Waals surface area contributed by atoms with Crippen LogP contribution in [0, 0.1) is 5.82 Å². The molecule has 1 heterocycles. The third-order valence-electron chi connectivity index (χ3n) is 4.79. The van der Waals surface area contributed by atoms with Gasteiger partial charge in [-0.25, -0.2) is 12.8 Å². The second-order valence-corrected chi connectivity index (χ2v) is 9.16. The Labute approximate surface area is 181 Å². The van der Waals surface area contributed by atoms with E-state index < -0.39 is 10.0 Å². The zero-order valence-corrected chi connectivity index (χ0v) is 18.2. The number of halogens is 1. The van der Waals surface area contributed by atoms with Gasteiger partial charge in [0.2, 0.25) is 15.9 Å². The number of aromatic amines is 1. The van der Waals surface area contributed by atoms with Crippen LogP contribution in [0.2, 0.25) is 0 Å². The highest BCUT2D eigenvalue weighted by molar-refractivity contribution is 7.92. The first-order valence-electron chi connectivity index (χ1n) is 9.81. The topological polar surface area (TPSA) is 95.2 Å². The molecule has 0 saturated heterocycles. The number of likely N-dealkylation sites (N-methyl/N-ethyl adjacent to an activating group) is 1. The van der Waals surface area contributed by atoms with E-state index in [1.54, 1.807) is 48.3 Å². The second-order valence-electron chi connectivity index (χ2n) is 7.41. The van der Waals surface area contributed by atoms with Gasteiger partial charge in [-0.3, -0.25) is 14.6 Å². The molecule has 0 atom stereocenters. The largest absolute Gasteiger partial charge is 0.345 e. The molecule has 1 aromatic heterocycles. The highest BCUT2D eigenvalue weighted by Crippen LogP contribution is 2.19. The summed E-state index contributed by atoms with van der Waals surface area (Å²) in [6.45, 7) is 0.547. The molecule has 2 N–H and O–H groups in total. The Hall–Kier alpha value is -3.20. The predicted octanol–water partition coefficient (Wildman–Crippen LogP) is 3.22. The number of nitrogens with one attached hydrogen (secondary N) is 2. The number of aryl methyl sites for hydroxylation is 1. The van der Waals surface area contributed by atoms with Gasteiger partial charge in [0.1, 0.15) is 5.82 Å². The van der Waals surface area contributed by atoms with Crippen LogP contribution in [0.5, 0.6) is 0 Å². The number of hydrogen-bond donors (Lipinski definition) is 2. The van der Waals surface area contributed by atoms with E-state index in [0.29, 0.717) is 24.2 Å². The Balaban J connectivity index is 1.52. The van der Waals surface area contributed by atoms with Crippen molar-refractivity contribution in [3.63, 3.8) is 0 Å². The summed E-state index contributed by atoms with van der Waals surface area (Å²) < 4.78 is 38.6. The number of aromatic nitrogens is 2. The number of hydrogen-bond acceptors (Lipinski definition) is 4. The van der Waals surface area contributed by atoms with Gasteiger partial charge in [-0.05, 0) is 54.8 Å². The first-order chi connectivity index (χ1) is 14.7. The molecule has 1 amide bonds. The molecule has 3 rings (SSSR count). The van der Waals surface area contributed by atoms with E-state index in [-0.39, 0.29) is 18.1 Å². The lowest BCUT2D eigenvalue weighted by molar-refractivity contribution is -0.129. The molecule has 0 saturated carbocycles. The summed E-state index contributed by atoms with van der Waals surface area (Å²) >= 11 is 0. The van der Waals surface area contributed by atoms with Crippen molar-refractivity contribution in [3.05, 3.63) is 71.7 Å². The number of amides is 1. The van der Waals surface area contributed by atoms with Gasteiger partial charge in [-0.1, -0.05) is 18.2 Å². The summed E-state index contributed by atoms with van der Waals surface area (Å²) in [6, 6.07) is 14.9. The van der Waals surface area contributed by atoms with Crippen molar-refractivity contribution < 1.29 is 17.6 Å². The Morgan fingerprint density at radius 3 is 2.58 bits per heavy atom. The zero-order chi connectivity index (χ0) is 22.4. The number of benzene rings is 2. The van der Waals surface area contributed by atoms with Crippen molar-refractivity contribution >= 4 is 21.6 Å². The van der Waals surface area contributed by atoms with Gasteiger partial charge in [0.25, 0.3) is 0 Å². The number of carbonyl (C=O) groups excluding carboxylic acids is 1. The summed E-state index contributed by atoms with van der Waals surface area (Å²) in [6.07, 6.45) is 2.62. The summed E-state index contributed by atoms with van der Waals surface area (Å²) in [7, 11) is -1.70. The Bertz CT molecular complexity index is 1140. The molecular weight excluding hydrogens is 419 g/mol. The van der Waals surface area contributed by atoms with E-state index in [2.05, 4.69) is 14.9 Å². The van der Waals surface area contributed by atoms with E-state index >= 15 is 0 Å². The SMILES string of the molecule is CN(CCCc1cc(-c2ccc(F)cc2)n[nH]1)C(=O)Cc1ccccc1NS(C)(=O)=O. The second kappa shape index (κ2) is 9.74.